The van der Waals surface area contributed by atoms with E-state index in [1.807, 2.05) is 0 Å². The molecule has 0 unspecified atom stereocenters. The predicted molar refractivity (Wildman–Crippen MR) is 224 cm³/mol. The van der Waals surface area contributed by atoms with E-state index in [2.05, 4.69) is 215 Å². The van der Waals surface area contributed by atoms with Gasteiger partial charge in [-0.3, -0.25) is 0 Å². The molecule has 2 nitrogen and oxygen atoms in total. The lowest BCUT2D eigenvalue weighted by Crippen LogP contribution is -2.39. The molecule has 54 heavy (non-hydrogen) atoms. The first kappa shape index (κ1) is 34.7. The molecule has 0 aliphatic carbocycles. The highest BCUT2D eigenvalue weighted by Gasteiger charge is 2.24. The predicted octanol–water partition coefficient (Wildman–Crippen LogP) is 12.5. The van der Waals surface area contributed by atoms with Crippen LogP contribution in [0, 0.1) is 0 Å². The normalized spacial score (nSPS) is 11.0. The van der Waals surface area contributed by atoms with Crippen LogP contribution in [0.5, 0.6) is 0 Å². The fourth-order valence-electron chi connectivity index (χ4n) is 7.61. The number of benzene rings is 6. The molecule has 0 saturated carbocycles. The van der Waals surface area contributed by atoms with Crippen LogP contribution in [0.1, 0.15) is 25.7 Å². The lowest BCUT2D eigenvalue weighted by molar-refractivity contribution is -0.677. The van der Waals surface area contributed by atoms with E-state index in [0.717, 1.165) is 38.8 Å². The highest BCUT2D eigenvalue weighted by atomic mass is 15.0. The van der Waals surface area contributed by atoms with Crippen molar-refractivity contribution in [2.45, 2.75) is 38.8 Å². The number of pyridine rings is 2. The second-order valence-corrected chi connectivity index (χ2v) is 13.9. The maximum absolute atomic E-state index is 2.55. The topological polar surface area (TPSA) is 7.76 Å². The fraction of sp³-hybridized carbons (Fsp3) is 0.115. The molecule has 0 radical (unpaired) electrons. The van der Waals surface area contributed by atoms with Gasteiger partial charge in [0.05, 0.1) is 0 Å². The van der Waals surface area contributed by atoms with Crippen LogP contribution >= 0.6 is 0 Å². The van der Waals surface area contributed by atoms with Crippen LogP contribution in [0.4, 0.5) is 0 Å². The largest absolute Gasteiger partial charge is 0.213 e. The zero-order chi connectivity index (χ0) is 36.4. The summed E-state index contributed by atoms with van der Waals surface area (Å²) in [5, 5.41) is 0. The van der Waals surface area contributed by atoms with E-state index < -0.39 is 0 Å². The van der Waals surface area contributed by atoms with Crippen LogP contribution in [0.2, 0.25) is 0 Å². The van der Waals surface area contributed by atoms with Gasteiger partial charge < -0.3 is 0 Å². The van der Waals surface area contributed by atoms with Gasteiger partial charge in [-0.05, 0) is 83.6 Å². The number of hydrogen-bond donors (Lipinski definition) is 0. The van der Waals surface area contributed by atoms with E-state index in [9.17, 15) is 0 Å². The molecular formula is C52H46N2+2. The standard InChI is InChI=1S/C52H46N2/c1(21-35-53-49(43-27-13-5-14-28-43)37-47(41-23-9-3-10-24-41)38-50(53)44-29-15-6-16-30-44)2-22-36-54-51(45-31-17-7-18-32-45)39-48(42-25-11-4-12-26-42)40-52(54)46-33-19-8-20-34-46/h3-20,23-34,37-40H,1-2,21-22,35-36H2/q+2. The van der Waals surface area contributed by atoms with Crippen molar-refractivity contribution in [2.24, 2.45) is 0 Å². The Labute approximate surface area is 320 Å². The highest BCUT2D eigenvalue weighted by molar-refractivity contribution is 5.75. The minimum atomic E-state index is 0.951. The van der Waals surface area contributed by atoms with Crippen LogP contribution < -0.4 is 9.13 Å². The van der Waals surface area contributed by atoms with Crippen molar-refractivity contribution in [2.75, 3.05) is 0 Å². The molecule has 2 aromatic heterocycles. The molecule has 0 N–H and O–H groups in total. The smallest absolute Gasteiger partial charge is 0.191 e. The molecule has 0 aliphatic heterocycles. The van der Waals surface area contributed by atoms with Gasteiger partial charge >= 0.3 is 0 Å². The molecule has 0 bridgehead atoms. The summed E-state index contributed by atoms with van der Waals surface area (Å²) in [6.07, 6.45) is 4.51. The van der Waals surface area contributed by atoms with Crippen LogP contribution in [0.25, 0.3) is 67.3 Å². The van der Waals surface area contributed by atoms with Crippen LogP contribution in [0.15, 0.2) is 206 Å². The molecule has 262 valence electrons. The van der Waals surface area contributed by atoms with Crippen LogP contribution in [-0.2, 0) is 13.1 Å². The Hall–Kier alpha value is -6.38. The molecule has 2 heterocycles. The van der Waals surface area contributed by atoms with Crippen molar-refractivity contribution in [1.29, 1.82) is 0 Å². The maximum Gasteiger partial charge on any atom is 0.213 e. The van der Waals surface area contributed by atoms with E-state index in [-0.39, 0.29) is 0 Å². The Morgan fingerprint density at radius 2 is 0.444 bits per heavy atom. The van der Waals surface area contributed by atoms with Crippen molar-refractivity contribution >= 4 is 0 Å². The maximum atomic E-state index is 2.55. The monoisotopic (exact) mass is 698 g/mol. The molecule has 0 aliphatic rings. The fourth-order valence-corrected chi connectivity index (χ4v) is 7.61. The number of aromatic nitrogens is 2. The van der Waals surface area contributed by atoms with E-state index in [1.54, 1.807) is 0 Å². The second-order valence-electron chi connectivity index (χ2n) is 13.9. The van der Waals surface area contributed by atoms with Gasteiger partial charge in [-0.25, -0.2) is 0 Å². The van der Waals surface area contributed by atoms with Gasteiger partial charge in [-0.1, -0.05) is 133 Å². The summed E-state index contributed by atoms with van der Waals surface area (Å²) < 4.78 is 5.10. The van der Waals surface area contributed by atoms with Crippen LogP contribution in [0.3, 0.4) is 0 Å². The SMILES string of the molecule is c1ccc(-c2cc(-c3ccccc3)[n+](CCCCCC[n+]3c(-c4ccccc4)cc(-c4ccccc4)cc3-c3ccccc3)c(-c3ccccc3)c2)cc1. The summed E-state index contributed by atoms with van der Waals surface area (Å²) in [7, 11) is 0. The molecular weight excluding hydrogens is 653 g/mol. The average Bonchev–Trinajstić information content (AvgIpc) is 3.26. The second kappa shape index (κ2) is 17.0. The number of rotatable bonds is 13. The number of unbranched alkanes of at least 4 members (excludes halogenated alkanes) is 3. The first-order valence-electron chi connectivity index (χ1n) is 19.3. The van der Waals surface area contributed by atoms with Gasteiger partial charge in [0.2, 0.25) is 22.8 Å². The van der Waals surface area contributed by atoms with Crippen molar-refractivity contribution in [3.8, 4) is 67.3 Å². The van der Waals surface area contributed by atoms with Gasteiger partial charge in [0.15, 0.2) is 0 Å². The minimum Gasteiger partial charge on any atom is -0.191 e. The van der Waals surface area contributed by atoms with Crippen LogP contribution in [-0.4, -0.2) is 0 Å². The first-order valence-corrected chi connectivity index (χ1v) is 19.3. The summed E-state index contributed by atoms with van der Waals surface area (Å²) in [5.74, 6) is 0. The lowest BCUT2D eigenvalue weighted by Gasteiger charge is -2.14. The highest BCUT2D eigenvalue weighted by Crippen LogP contribution is 2.31. The molecule has 0 amide bonds. The van der Waals surface area contributed by atoms with Crippen molar-refractivity contribution in [1.82, 2.24) is 0 Å². The summed E-state index contributed by atoms with van der Waals surface area (Å²) in [5.41, 5.74) is 14.9. The summed E-state index contributed by atoms with van der Waals surface area (Å²) in [4.78, 5) is 0. The van der Waals surface area contributed by atoms with Crippen molar-refractivity contribution in [3.05, 3.63) is 206 Å². The summed E-state index contributed by atoms with van der Waals surface area (Å²) in [6.45, 7) is 1.90. The molecule has 0 fully saturated rings. The van der Waals surface area contributed by atoms with E-state index >= 15 is 0 Å². The Morgan fingerprint density at radius 1 is 0.222 bits per heavy atom. The van der Waals surface area contributed by atoms with Crippen molar-refractivity contribution < 1.29 is 9.13 Å². The lowest BCUT2D eigenvalue weighted by atomic mass is 9.98. The molecule has 0 spiro atoms. The van der Waals surface area contributed by atoms with E-state index in [0.29, 0.717) is 0 Å². The Balaban J connectivity index is 1.08. The molecule has 2 heteroatoms. The minimum absolute atomic E-state index is 0.951. The molecule has 0 saturated heterocycles. The quantitative estimate of drug-likeness (QED) is 0.0836. The Kier molecular flexibility index (Phi) is 10.9. The third kappa shape index (κ3) is 7.99. The molecule has 6 aromatic carbocycles. The van der Waals surface area contributed by atoms with Gasteiger partial charge in [0.1, 0.15) is 13.1 Å². The van der Waals surface area contributed by atoms with E-state index in [1.165, 1.54) is 67.3 Å². The van der Waals surface area contributed by atoms with Gasteiger partial charge in [-0.2, -0.15) is 9.13 Å². The Morgan fingerprint density at radius 3 is 0.685 bits per heavy atom. The Bertz CT molecular complexity index is 2100. The zero-order valence-electron chi connectivity index (χ0n) is 30.8. The van der Waals surface area contributed by atoms with E-state index in [4.69, 9.17) is 0 Å². The van der Waals surface area contributed by atoms with Crippen molar-refractivity contribution in [3.63, 3.8) is 0 Å². The first-order chi connectivity index (χ1) is 26.8. The van der Waals surface area contributed by atoms with Gasteiger partial charge in [0, 0.05) is 59.4 Å². The molecule has 0 atom stereocenters. The molecule has 8 rings (SSSR count). The average molecular weight is 699 g/mol. The molecule has 8 aromatic rings. The number of hydrogen-bond acceptors (Lipinski definition) is 0. The third-order valence-corrected chi connectivity index (χ3v) is 10.3. The number of nitrogens with zero attached hydrogens (tertiary/aromatic N) is 2. The summed E-state index contributed by atoms with van der Waals surface area (Å²) in [6, 6.07) is 74.6. The van der Waals surface area contributed by atoms with Gasteiger partial charge in [-0.15, -0.1) is 0 Å². The third-order valence-electron chi connectivity index (χ3n) is 10.3. The summed E-state index contributed by atoms with van der Waals surface area (Å²) >= 11 is 0. The van der Waals surface area contributed by atoms with Gasteiger partial charge in [0.25, 0.3) is 0 Å². The zero-order valence-corrected chi connectivity index (χ0v) is 30.8.